The van der Waals surface area contributed by atoms with E-state index in [0.717, 1.165) is 12.0 Å². The van der Waals surface area contributed by atoms with Crippen LogP contribution < -0.4 is 5.32 Å². The first-order valence-corrected chi connectivity index (χ1v) is 7.56. The van der Waals surface area contributed by atoms with Gasteiger partial charge in [0.1, 0.15) is 6.04 Å². The Bertz CT molecular complexity index is 507. The summed E-state index contributed by atoms with van der Waals surface area (Å²) in [5.41, 5.74) is 2.29. The minimum atomic E-state index is -0.562. The van der Waals surface area contributed by atoms with E-state index in [4.69, 9.17) is 4.74 Å². The van der Waals surface area contributed by atoms with Gasteiger partial charge in [-0.1, -0.05) is 38.1 Å². The zero-order chi connectivity index (χ0) is 15.4. The Morgan fingerprint density at radius 2 is 2.00 bits per heavy atom. The average Bonchev–Trinajstić information content (AvgIpc) is 2.81. The number of rotatable bonds is 5. The van der Waals surface area contributed by atoms with E-state index in [1.54, 1.807) is 6.92 Å². The molecule has 1 aliphatic heterocycles. The quantitative estimate of drug-likeness (QED) is 0.847. The van der Waals surface area contributed by atoms with Crippen molar-refractivity contribution >= 4 is 11.9 Å². The second kappa shape index (κ2) is 6.74. The summed E-state index contributed by atoms with van der Waals surface area (Å²) in [4.78, 5) is 23.6. The molecule has 1 fully saturated rings. The van der Waals surface area contributed by atoms with Gasteiger partial charge in [0.05, 0.1) is 6.61 Å². The summed E-state index contributed by atoms with van der Waals surface area (Å²) < 4.78 is 5.05. The molecule has 0 spiro atoms. The van der Waals surface area contributed by atoms with Gasteiger partial charge in [0.2, 0.25) is 5.91 Å². The molecule has 0 radical (unpaired) electrons. The lowest BCUT2D eigenvalue weighted by Crippen LogP contribution is -2.37. The Hall–Kier alpha value is -1.84. The van der Waals surface area contributed by atoms with Crippen molar-refractivity contribution in [2.45, 2.75) is 45.6 Å². The third-order valence-corrected chi connectivity index (χ3v) is 3.72. The normalized spacial score (nSPS) is 21.4. The molecule has 1 saturated heterocycles. The van der Waals surface area contributed by atoms with Gasteiger partial charge in [0, 0.05) is 12.3 Å². The van der Waals surface area contributed by atoms with Gasteiger partial charge in [-0.3, -0.25) is 4.79 Å². The Labute approximate surface area is 125 Å². The van der Waals surface area contributed by atoms with Gasteiger partial charge < -0.3 is 10.1 Å². The molecule has 4 nitrogen and oxygen atoms in total. The molecule has 1 aromatic rings. The van der Waals surface area contributed by atoms with E-state index >= 15 is 0 Å². The largest absolute Gasteiger partial charge is 0.464 e. The number of hydrogen-bond acceptors (Lipinski definition) is 3. The smallest absolute Gasteiger partial charge is 0.329 e. The maximum atomic E-state index is 12.0. The fourth-order valence-corrected chi connectivity index (χ4v) is 2.79. The van der Waals surface area contributed by atoms with Gasteiger partial charge >= 0.3 is 5.97 Å². The molecule has 0 saturated carbocycles. The van der Waals surface area contributed by atoms with Crippen LogP contribution in [0.3, 0.4) is 0 Å². The third-order valence-electron chi connectivity index (χ3n) is 3.72. The highest BCUT2D eigenvalue weighted by atomic mass is 16.5. The molecule has 0 aromatic heterocycles. The van der Waals surface area contributed by atoms with E-state index in [1.807, 2.05) is 12.1 Å². The zero-order valence-corrected chi connectivity index (χ0v) is 12.9. The van der Waals surface area contributed by atoms with Crippen LogP contribution >= 0.6 is 0 Å². The van der Waals surface area contributed by atoms with Crippen molar-refractivity contribution < 1.29 is 14.3 Å². The van der Waals surface area contributed by atoms with Gasteiger partial charge in [0.25, 0.3) is 0 Å². The predicted molar refractivity (Wildman–Crippen MR) is 80.9 cm³/mol. The SMILES string of the molecule is CCOC(=O)C1NC(=O)CC1c1ccc(CC(C)C)cc1. The van der Waals surface area contributed by atoms with E-state index in [0.29, 0.717) is 18.9 Å². The molecule has 1 N–H and O–H groups in total. The lowest BCUT2D eigenvalue weighted by Gasteiger charge is -2.18. The molecule has 1 amide bonds. The molecule has 114 valence electrons. The van der Waals surface area contributed by atoms with Crippen molar-refractivity contribution in [3.05, 3.63) is 35.4 Å². The summed E-state index contributed by atoms with van der Waals surface area (Å²) in [6, 6.07) is 7.65. The summed E-state index contributed by atoms with van der Waals surface area (Å²) in [5.74, 6) is 0.0337. The van der Waals surface area contributed by atoms with Gasteiger partial charge in [-0.2, -0.15) is 0 Å². The van der Waals surface area contributed by atoms with Crippen LogP contribution in [0.15, 0.2) is 24.3 Å². The lowest BCUT2D eigenvalue weighted by atomic mass is 9.90. The highest BCUT2D eigenvalue weighted by Crippen LogP contribution is 2.29. The molecule has 2 rings (SSSR count). The molecule has 1 aromatic carbocycles. The van der Waals surface area contributed by atoms with Crippen LogP contribution in [0.5, 0.6) is 0 Å². The third kappa shape index (κ3) is 3.84. The van der Waals surface area contributed by atoms with E-state index in [9.17, 15) is 9.59 Å². The number of carbonyl (C=O) groups excluding carboxylic acids is 2. The van der Waals surface area contributed by atoms with Crippen LogP contribution in [0.2, 0.25) is 0 Å². The standard InChI is InChI=1S/C17H23NO3/c1-4-21-17(20)16-14(10-15(19)18-16)13-7-5-12(6-8-13)9-11(2)3/h5-8,11,14,16H,4,9-10H2,1-3H3,(H,18,19). The minimum Gasteiger partial charge on any atom is -0.464 e. The highest BCUT2D eigenvalue weighted by Gasteiger charge is 2.39. The molecule has 4 heteroatoms. The number of amides is 1. The first kappa shape index (κ1) is 15.5. The van der Waals surface area contributed by atoms with E-state index in [-0.39, 0.29) is 17.8 Å². The maximum absolute atomic E-state index is 12.0. The molecule has 0 aliphatic carbocycles. The molecular formula is C17H23NO3. The average molecular weight is 289 g/mol. The monoisotopic (exact) mass is 289 g/mol. The molecule has 1 aliphatic rings. The number of nitrogens with one attached hydrogen (secondary N) is 1. The fourth-order valence-electron chi connectivity index (χ4n) is 2.79. The van der Waals surface area contributed by atoms with Crippen LogP contribution in [0, 0.1) is 5.92 Å². The summed E-state index contributed by atoms with van der Waals surface area (Å²) in [5, 5.41) is 2.72. The Morgan fingerprint density at radius 1 is 1.33 bits per heavy atom. The lowest BCUT2D eigenvalue weighted by molar-refractivity contribution is -0.146. The zero-order valence-electron chi connectivity index (χ0n) is 12.9. The second-order valence-corrected chi connectivity index (χ2v) is 5.95. The Morgan fingerprint density at radius 3 is 2.57 bits per heavy atom. The van der Waals surface area contributed by atoms with Crippen molar-refractivity contribution in [3.8, 4) is 0 Å². The van der Waals surface area contributed by atoms with Gasteiger partial charge in [-0.15, -0.1) is 0 Å². The fraction of sp³-hybridized carbons (Fsp3) is 0.529. The minimum absolute atomic E-state index is 0.0932. The number of esters is 1. The van der Waals surface area contributed by atoms with Crippen LogP contribution in [-0.2, 0) is 20.7 Å². The summed E-state index contributed by atoms with van der Waals surface area (Å²) in [7, 11) is 0. The Kier molecular flexibility index (Phi) is 4.99. The van der Waals surface area contributed by atoms with Crippen LogP contribution in [0.4, 0.5) is 0 Å². The molecule has 2 unspecified atom stereocenters. The number of hydrogen-bond donors (Lipinski definition) is 1. The van der Waals surface area contributed by atoms with Gasteiger partial charge in [0.15, 0.2) is 0 Å². The first-order chi connectivity index (χ1) is 10.0. The van der Waals surface area contributed by atoms with Crippen molar-refractivity contribution in [2.24, 2.45) is 5.92 Å². The van der Waals surface area contributed by atoms with Crippen molar-refractivity contribution in [1.29, 1.82) is 0 Å². The second-order valence-electron chi connectivity index (χ2n) is 5.95. The summed E-state index contributed by atoms with van der Waals surface area (Å²) in [6.07, 6.45) is 1.37. The maximum Gasteiger partial charge on any atom is 0.329 e. The van der Waals surface area contributed by atoms with Crippen LogP contribution in [0.25, 0.3) is 0 Å². The number of carbonyl (C=O) groups is 2. The van der Waals surface area contributed by atoms with E-state index < -0.39 is 6.04 Å². The summed E-state index contributed by atoms with van der Waals surface area (Å²) in [6.45, 7) is 6.46. The molecular weight excluding hydrogens is 266 g/mol. The number of benzene rings is 1. The summed E-state index contributed by atoms with van der Waals surface area (Å²) >= 11 is 0. The van der Waals surface area contributed by atoms with E-state index in [1.165, 1.54) is 5.56 Å². The van der Waals surface area contributed by atoms with Crippen molar-refractivity contribution in [3.63, 3.8) is 0 Å². The van der Waals surface area contributed by atoms with Crippen molar-refractivity contribution in [2.75, 3.05) is 6.61 Å². The highest BCUT2D eigenvalue weighted by molar-refractivity contribution is 5.90. The molecule has 0 bridgehead atoms. The van der Waals surface area contributed by atoms with Crippen molar-refractivity contribution in [1.82, 2.24) is 5.32 Å². The van der Waals surface area contributed by atoms with E-state index in [2.05, 4.69) is 31.3 Å². The molecule has 21 heavy (non-hydrogen) atoms. The number of ether oxygens (including phenoxy) is 1. The van der Waals surface area contributed by atoms with Gasteiger partial charge in [-0.05, 0) is 30.4 Å². The van der Waals surface area contributed by atoms with Gasteiger partial charge in [-0.25, -0.2) is 4.79 Å². The molecule has 1 heterocycles. The first-order valence-electron chi connectivity index (χ1n) is 7.56. The predicted octanol–water partition coefficient (Wildman–Crippen LogP) is 2.42. The van der Waals surface area contributed by atoms with Crippen LogP contribution in [0.1, 0.15) is 44.2 Å². The Balaban J connectivity index is 2.14. The molecule has 2 atom stereocenters. The topological polar surface area (TPSA) is 55.4 Å². The van der Waals surface area contributed by atoms with Crippen LogP contribution in [-0.4, -0.2) is 24.5 Å².